The van der Waals surface area contributed by atoms with Crippen LogP contribution in [0.5, 0.6) is 5.75 Å². The molecule has 0 aliphatic carbocycles. The number of nitrogens with one attached hydrogen (secondary N) is 1. The van der Waals surface area contributed by atoms with Crippen molar-refractivity contribution < 1.29 is 9.53 Å². The van der Waals surface area contributed by atoms with Gasteiger partial charge < -0.3 is 15.8 Å². The Bertz CT molecular complexity index is 660. The molecule has 7 heteroatoms. The number of thiazole rings is 1. The summed E-state index contributed by atoms with van der Waals surface area (Å²) in [5.41, 5.74) is 6.64. The number of hydrogen-bond acceptors (Lipinski definition) is 6. The van der Waals surface area contributed by atoms with Gasteiger partial charge in [-0.05, 0) is 12.1 Å². The Balaban J connectivity index is 2.24. The number of nitriles is 1. The summed E-state index contributed by atoms with van der Waals surface area (Å²) in [7, 11) is 1.47. The molecular formula is C12H10N4O2S. The van der Waals surface area contributed by atoms with Crippen molar-refractivity contribution in [2.24, 2.45) is 0 Å². The lowest BCUT2D eigenvalue weighted by atomic mass is 10.2. The minimum Gasteiger partial charge on any atom is -0.495 e. The van der Waals surface area contributed by atoms with E-state index in [0.29, 0.717) is 22.1 Å². The number of benzene rings is 1. The fourth-order valence-corrected chi connectivity index (χ4v) is 1.99. The Morgan fingerprint density at radius 2 is 2.37 bits per heavy atom. The van der Waals surface area contributed by atoms with Gasteiger partial charge in [-0.25, -0.2) is 4.98 Å². The maximum atomic E-state index is 11.9. The van der Waals surface area contributed by atoms with E-state index in [2.05, 4.69) is 10.3 Å². The van der Waals surface area contributed by atoms with Crippen molar-refractivity contribution in [3.63, 3.8) is 0 Å². The molecule has 6 nitrogen and oxygen atoms in total. The molecule has 1 amide bonds. The number of rotatable bonds is 3. The Kier molecular flexibility index (Phi) is 3.63. The molecular weight excluding hydrogens is 264 g/mol. The van der Waals surface area contributed by atoms with Crippen LogP contribution in [0.2, 0.25) is 0 Å². The van der Waals surface area contributed by atoms with Crippen LogP contribution in [0, 0.1) is 11.3 Å². The van der Waals surface area contributed by atoms with E-state index in [9.17, 15) is 4.79 Å². The second-order valence-corrected chi connectivity index (χ2v) is 4.44. The highest BCUT2D eigenvalue weighted by Gasteiger charge is 2.13. The van der Waals surface area contributed by atoms with Crippen LogP contribution in [0.1, 0.15) is 16.1 Å². The van der Waals surface area contributed by atoms with Crippen LogP contribution < -0.4 is 15.8 Å². The summed E-state index contributed by atoms with van der Waals surface area (Å²) >= 11 is 1.19. The van der Waals surface area contributed by atoms with Crippen molar-refractivity contribution in [2.75, 3.05) is 18.2 Å². The fourth-order valence-electron chi connectivity index (χ4n) is 1.44. The molecule has 1 heterocycles. The van der Waals surface area contributed by atoms with Gasteiger partial charge in [0, 0.05) is 11.4 Å². The van der Waals surface area contributed by atoms with E-state index in [0.717, 1.165) is 0 Å². The van der Waals surface area contributed by atoms with Crippen molar-refractivity contribution >= 4 is 28.1 Å². The highest BCUT2D eigenvalue weighted by atomic mass is 32.1. The Morgan fingerprint density at radius 1 is 1.58 bits per heavy atom. The molecule has 0 saturated heterocycles. The normalized spacial score (nSPS) is 9.68. The summed E-state index contributed by atoms with van der Waals surface area (Å²) in [5.74, 6) is 0.0339. The zero-order valence-corrected chi connectivity index (χ0v) is 10.8. The molecule has 1 aromatic heterocycles. The third-order valence-electron chi connectivity index (χ3n) is 2.33. The van der Waals surface area contributed by atoms with Gasteiger partial charge in [0.05, 0.1) is 24.4 Å². The molecule has 0 saturated carbocycles. The number of ether oxygens (including phenoxy) is 1. The molecule has 0 unspecified atom stereocenters. The molecule has 0 radical (unpaired) electrons. The summed E-state index contributed by atoms with van der Waals surface area (Å²) in [6.07, 6.45) is 0. The number of carbonyl (C=O) groups is 1. The van der Waals surface area contributed by atoms with Crippen LogP contribution in [0.4, 0.5) is 10.8 Å². The molecule has 1 aromatic carbocycles. The SMILES string of the molecule is COc1cc(C#N)ccc1NC(=O)c1csc(N)n1. The van der Waals surface area contributed by atoms with Crippen molar-refractivity contribution in [3.8, 4) is 11.8 Å². The first-order chi connectivity index (χ1) is 9.13. The zero-order chi connectivity index (χ0) is 13.8. The fraction of sp³-hybridized carbons (Fsp3) is 0.0833. The maximum absolute atomic E-state index is 11.9. The van der Waals surface area contributed by atoms with Gasteiger partial charge in [0.25, 0.3) is 5.91 Å². The third kappa shape index (κ3) is 2.81. The number of nitrogens with two attached hydrogens (primary N) is 1. The van der Waals surface area contributed by atoms with E-state index in [1.165, 1.54) is 18.4 Å². The molecule has 0 fully saturated rings. The van der Waals surface area contributed by atoms with E-state index >= 15 is 0 Å². The molecule has 0 atom stereocenters. The summed E-state index contributed by atoms with van der Waals surface area (Å²) in [6.45, 7) is 0. The molecule has 0 aliphatic rings. The van der Waals surface area contributed by atoms with Gasteiger partial charge in [0.15, 0.2) is 5.13 Å². The number of carbonyl (C=O) groups excluding carboxylic acids is 1. The maximum Gasteiger partial charge on any atom is 0.275 e. The smallest absolute Gasteiger partial charge is 0.275 e. The lowest BCUT2D eigenvalue weighted by molar-refractivity contribution is 0.102. The standard InChI is InChI=1S/C12H10N4O2S/c1-18-10-4-7(5-13)2-3-8(10)15-11(17)9-6-19-12(14)16-9/h2-4,6H,1H3,(H2,14,16)(H,15,17). The second-order valence-electron chi connectivity index (χ2n) is 3.55. The van der Waals surface area contributed by atoms with Gasteiger partial charge in [-0.2, -0.15) is 5.26 Å². The van der Waals surface area contributed by atoms with E-state index < -0.39 is 0 Å². The largest absolute Gasteiger partial charge is 0.495 e. The van der Waals surface area contributed by atoms with Gasteiger partial charge in [0.1, 0.15) is 11.4 Å². The third-order valence-corrected chi connectivity index (χ3v) is 3.01. The van der Waals surface area contributed by atoms with E-state index in [1.807, 2.05) is 6.07 Å². The number of anilines is 2. The summed E-state index contributed by atoms with van der Waals surface area (Å²) in [6, 6.07) is 6.74. The molecule has 0 bridgehead atoms. The number of nitrogens with zero attached hydrogens (tertiary/aromatic N) is 2. The predicted molar refractivity (Wildman–Crippen MR) is 72.2 cm³/mol. The monoisotopic (exact) mass is 274 g/mol. The predicted octanol–water partition coefficient (Wildman–Crippen LogP) is 1.86. The summed E-state index contributed by atoms with van der Waals surface area (Å²) < 4.78 is 5.12. The van der Waals surface area contributed by atoms with Crippen LogP contribution in [-0.2, 0) is 0 Å². The van der Waals surface area contributed by atoms with Crippen LogP contribution in [0.3, 0.4) is 0 Å². The van der Waals surface area contributed by atoms with Crippen LogP contribution in [-0.4, -0.2) is 18.0 Å². The van der Waals surface area contributed by atoms with Gasteiger partial charge in [-0.15, -0.1) is 11.3 Å². The topological polar surface area (TPSA) is 101 Å². The van der Waals surface area contributed by atoms with Crippen molar-refractivity contribution in [1.29, 1.82) is 5.26 Å². The van der Waals surface area contributed by atoms with Crippen LogP contribution in [0.15, 0.2) is 23.6 Å². The average molecular weight is 274 g/mol. The summed E-state index contributed by atoms with van der Waals surface area (Å²) in [5, 5.41) is 13.4. The van der Waals surface area contributed by atoms with E-state index in [1.54, 1.807) is 23.6 Å². The lowest BCUT2D eigenvalue weighted by Crippen LogP contribution is -2.13. The first kappa shape index (κ1) is 12.9. The first-order valence-corrected chi connectivity index (χ1v) is 6.12. The highest BCUT2D eigenvalue weighted by Crippen LogP contribution is 2.26. The zero-order valence-electron chi connectivity index (χ0n) is 10.0. The van der Waals surface area contributed by atoms with E-state index in [4.69, 9.17) is 15.7 Å². The molecule has 96 valence electrons. The van der Waals surface area contributed by atoms with Crippen LogP contribution in [0.25, 0.3) is 0 Å². The van der Waals surface area contributed by atoms with E-state index in [-0.39, 0.29) is 11.6 Å². The van der Waals surface area contributed by atoms with Crippen molar-refractivity contribution in [3.05, 3.63) is 34.8 Å². The quantitative estimate of drug-likeness (QED) is 0.889. The number of nitrogen functional groups attached to an aromatic ring is 1. The minimum atomic E-state index is -0.379. The number of aromatic nitrogens is 1. The molecule has 2 rings (SSSR count). The van der Waals surface area contributed by atoms with Gasteiger partial charge in [-0.1, -0.05) is 0 Å². The molecule has 0 spiro atoms. The van der Waals surface area contributed by atoms with Gasteiger partial charge >= 0.3 is 0 Å². The Labute approximate surface area is 113 Å². The molecule has 3 N–H and O–H groups in total. The Hall–Kier alpha value is -2.59. The number of amides is 1. The number of methoxy groups -OCH3 is 1. The molecule has 19 heavy (non-hydrogen) atoms. The average Bonchev–Trinajstić information content (AvgIpc) is 2.86. The first-order valence-electron chi connectivity index (χ1n) is 5.24. The summed E-state index contributed by atoms with van der Waals surface area (Å²) in [4.78, 5) is 15.8. The van der Waals surface area contributed by atoms with Crippen molar-refractivity contribution in [2.45, 2.75) is 0 Å². The minimum absolute atomic E-state index is 0.244. The van der Waals surface area contributed by atoms with Gasteiger partial charge in [-0.3, -0.25) is 4.79 Å². The molecule has 2 aromatic rings. The van der Waals surface area contributed by atoms with Crippen molar-refractivity contribution in [1.82, 2.24) is 4.98 Å². The number of hydrogen-bond donors (Lipinski definition) is 2. The molecule has 0 aliphatic heterocycles. The highest BCUT2D eigenvalue weighted by molar-refractivity contribution is 7.13. The second kappa shape index (κ2) is 5.37. The Morgan fingerprint density at radius 3 is 2.95 bits per heavy atom. The van der Waals surface area contributed by atoms with Crippen LogP contribution >= 0.6 is 11.3 Å². The van der Waals surface area contributed by atoms with Gasteiger partial charge in [0.2, 0.25) is 0 Å². The lowest BCUT2D eigenvalue weighted by Gasteiger charge is -2.09.